The van der Waals surface area contributed by atoms with E-state index in [-0.39, 0.29) is 18.9 Å². The van der Waals surface area contributed by atoms with Gasteiger partial charge in [0.25, 0.3) is 0 Å². The predicted octanol–water partition coefficient (Wildman–Crippen LogP) is 0.282. The highest BCUT2D eigenvalue weighted by atomic mass is 16.6. The molecule has 0 amide bonds. The van der Waals surface area contributed by atoms with Crippen molar-refractivity contribution in [3.63, 3.8) is 0 Å². The lowest BCUT2D eigenvalue weighted by atomic mass is 10.1. The summed E-state index contributed by atoms with van der Waals surface area (Å²) < 4.78 is 10.3. The smallest absolute Gasteiger partial charge is 0.321 e. The molecule has 0 saturated heterocycles. The molecule has 0 bridgehead atoms. The molecule has 0 aliphatic rings. The fourth-order valence-corrected chi connectivity index (χ4v) is 2.00. The van der Waals surface area contributed by atoms with Crippen molar-refractivity contribution in [3.8, 4) is 0 Å². The number of carbonyl (C=O) groups is 3. The molecular weight excluding hydrogens is 354 g/mol. The Kier molecular flexibility index (Phi) is 11.1. The molecule has 0 spiro atoms. The number of hydrogen-bond acceptors (Lipinski definition) is 8. The average molecular weight is 389 g/mol. The monoisotopic (exact) mass is 389 g/mol. The number of esters is 2. The summed E-state index contributed by atoms with van der Waals surface area (Å²) in [6, 6.07) is -0.994. The van der Waals surface area contributed by atoms with E-state index in [1.165, 1.54) is 0 Å². The van der Waals surface area contributed by atoms with Crippen LogP contribution >= 0.6 is 0 Å². The topological polar surface area (TPSA) is 126 Å². The van der Waals surface area contributed by atoms with Crippen LogP contribution in [-0.2, 0) is 23.9 Å². The number of nitrogens with one attached hydrogen (secondary N) is 3. The second kappa shape index (κ2) is 11.9. The van der Waals surface area contributed by atoms with Crippen LogP contribution in [0.15, 0.2) is 0 Å². The highest BCUT2D eigenvalue weighted by Gasteiger charge is 2.24. The first kappa shape index (κ1) is 25.3. The Bertz CT molecular complexity index is 482. The number of carboxylic acids is 1. The van der Waals surface area contributed by atoms with Gasteiger partial charge in [-0.05, 0) is 41.5 Å². The third-order valence-electron chi connectivity index (χ3n) is 2.95. The number of carboxylic acid groups (broad SMARTS) is 1. The van der Waals surface area contributed by atoms with Crippen LogP contribution in [0, 0.1) is 0 Å². The minimum Gasteiger partial charge on any atom is -0.480 e. The lowest BCUT2D eigenvalue weighted by molar-refractivity contribution is -0.158. The van der Waals surface area contributed by atoms with E-state index >= 15 is 0 Å². The Morgan fingerprint density at radius 1 is 0.815 bits per heavy atom. The van der Waals surface area contributed by atoms with Crippen molar-refractivity contribution in [2.75, 3.05) is 32.7 Å². The maximum absolute atomic E-state index is 11.7. The van der Waals surface area contributed by atoms with Crippen molar-refractivity contribution in [3.05, 3.63) is 0 Å². The molecule has 1 atom stereocenters. The van der Waals surface area contributed by atoms with Gasteiger partial charge in [-0.25, -0.2) is 0 Å². The van der Waals surface area contributed by atoms with Gasteiger partial charge in [0, 0.05) is 26.2 Å². The van der Waals surface area contributed by atoms with Crippen LogP contribution in [0.5, 0.6) is 0 Å². The van der Waals surface area contributed by atoms with Crippen molar-refractivity contribution in [2.24, 2.45) is 0 Å². The van der Waals surface area contributed by atoms with Crippen LogP contribution in [0.1, 0.15) is 48.0 Å². The second-order valence-corrected chi connectivity index (χ2v) is 8.15. The van der Waals surface area contributed by atoms with Crippen molar-refractivity contribution in [2.45, 2.75) is 65.2 Å². The Labute approximate surface area is 161 Å². The van der Waals surface area contributed by atoms with Crippen LogP contribution in [0.3, 0.4) is 0 Å². The Morgan fingerprint density at radius 2 is 1.30 bits per heavy atom. The average Bonchev–Trinajstić information content (AvgIpc) is 2.44. The maximum atomic E-state index is 11.7. The van der Waals surface area contributed by atoms with Gasteiger partial charge in [-0.2, -0.15) is 0 Å². The predicted molar refractivity (Wildman–Crippen MR) is 101 cm³/mol. The van der Waals surface area contributed by atoms with E-state index in [0.717, 1.165) is 0 Å². The van der Waals surface area contributed by atoms with Crippen molar-refractivity contribution in [1.82, 2.24) is 16.0 Å². The molecule has 0 aliphatic carbocycles. The zero-order valence-corrected chi connectivity index (χ0v) is 17.3. The van der Waals surface area contributed by atoms with E-state index in [2.05, 4.69) is 16.0 Å². The summed E-state index contributed by atoms with van der Waals surface area (Å²) in [7, 11) is 0. The van der Waals surface area contributed by atoms with Gasteiger partial charge in [0.05, 0.1) is 13.0 Å². The minimum absolute atomic E-state index is 0.133. The van der Waals surface area contributed by atoms with Gasteiger partial charge in [0.2, 0.25) is 0 Å². The third-order valence-corrected chi connectivity index (χ3v) is 2.95. The SMILES string of the molecule is CC(C)(C)OC(=O)CNCCNCCNC(CC(=O)OC(C)(C)C)C(=O)O. The number of carbonyl (C=O) groups excluding carboxylic acids is 2. The Balaban J connectivity index is 3.86. The number of aliphatic carboxylic acids is 1. The summed E-state index contributed by atoms with van der Waals surface area (Å²) in [6.07, 6.45) is -0.232. The molecule has 4 N–H and O–H groups in total. The van der Waals surface area contributed by atoms with Gasteiger partial charge in [-0.15, -0.1) is 0 Å². The molecule has 9 heteroatoms. The van der Waals surface area contributed by atoms with E-state index < -0.39 is 29.2 Å². The van der Waals surface area contributed by atoms with Crippen LogP contribution < -0.4 is 16.0 Å². The molecule has 0 aromatic rings. The van der Waals surface area contributed by atoms with E-state index in [0.29, 0.717) is 26.2 Å². The Hall–Kier alpha value is -1.71. The van der Waals surface area contributed by atoms with Crippen molar-refractivity contribution >= 4 is 17.9 Å². The van der Waals surface area contributed by atoms with Crippen LogP contribution in [0.2, 0.25) is 0 Å². The first-order valence-corrected chi connectivity index (χ1v) is 9.11. The number of ether oxygens (including phenoxy) is 2. The maximum Gasteiger partial charge on any atom is 0.321 e. The summed E-state index contributed by atoms with van der Waals surface area (Å²) in [5, 5.41) is 18.1. The molecule has 27 heavy (non-hydrogen) atoms. The van der Waals surface area contributed by atoms with Gasteiger partial charge in [-0.1, -0.05) is 0 Å². The highest BCUT2D eigenvalue weighted by Crippen LogP contribution is 2.09. The molecular formula is C18H35N3O6. The fourth-order valence-electron chi connectivity index (χ4n) is 2.00. The zero-order chi connectivity index (χ0) is 21.1. The molecule has 0 radical (unpaired) electrons. The first-order chi connectivity index (χ1) is 12.3. The first-order valence-electron chi connectivity index (χ1n) is 9.11. The molecule has 158 valence electrons. The summed E-state index contributed by atoms with van der Waals surface area (Å²) in [6.45, 7) is 12.8. The van der Waals surface area contributed by atoms with Crippen molar-refractivity contribution < 1.29 is 29.0 Å². The molecule has 0 rings (SSSR count). The lowest BCUT2D eigenvalue weighted by Gasteiger charge is -2.21. The highest BCUT2D eigenvalue weighted by molar-refractivity contribution is 5.81. The molecule has 9 nitrogen and oxygen atoms in total. The van der Waals surface area contributed by atoms with Crippen LogP contribution in [0.25, 0.3) is 0 Å². The van der Waals surface area contributed by atoms with Gasteiger partial charge < -0.3 is 30.5 Å². The molecule has 0 aromatic heterocycles. The molecule has 0 heterocycles. The van der Waals surface area contributed by atoms with Gasteiger partial charge in [0.15, 0.2) is 0 Å². The standard InChI is InChI=1S/C18H35N3O6/c1-17(2,3)26-14(22)11-13(16(24)25)21-10-9-19-7-8-20-12-15(23)27-18(4,5)6/h13,19-21H,7-12H2,1-6H3,(H,24,25). The van der Waals surface area contributed by atoms with Gasteiger partial charge >= 0.3 is 17.9 Å². The molecule has 0 aliphatic heterocycles. The minimum atomic E-state index is -1.10. The largest absolute Gasteiger partial charge is 0.480 e. The molecule has 0 fully saturated rings. The third kappa shape index (κ3) is 16.2. The summed E-state index contributed by atoms with van der Waals surface area (Å²) in [5.41, 5.74) is -1.14. The fraction of sp³-hybridized carbons (Fsp3) is 0.833. The van der Waals surface area contributed by atoms with E-state index in [1.54, 1.807) is 20.8 Å². The lowest BCUT2D eigenvalue weighted by Crippen LogP contribution is -2.43. The van der Waals surface area contributed by atoms with E-state index in [9.17, 15) is 19.5 Å². The number of rotatable bonds is 12. The number of hydrogen-bond donors (Lipinski definition) is 4. The van der Waals surface area contributed by atoms with Crippen molar-refractivity contribution in [1.29, 1.82) is 0 Å². The summed E-state index contributed by atoms with van der Waals surface area (Å²) in [5.74, 6) is -1.96. The van der Waals surface area contributed by atoms with E-state index in [1.807, 2.05) is 20.8 Å². The molecule has 0 saturated carbocycles. The van der Waals surface area contributed by atoms with Crippen LogP contribution in [0.4, 0.5) is 0 Å². The second-order valence-electron chi connectivity index (χ2n) is 8.15. The Morgan fingerprint density at radius 3 is 1.81 bits per heavy atom. The summed E-state index contributed by atoms with van der Waals surface area (Å²) >= 11 is 0. The normalized spacial score (nSPS) is 13.1. The molecule has 1 unspecified atom stereocenters. The van der Waals surface area contributed by atoms with E-state index in [4.69, 9.17) is 9.47 Å². The zero-order valence-electron chi connectivity index (χ0n) is 17.3. The molecule has 0 aromatic carbocycles. The van der Waals surface area contributed by atoms with Crippen LogP contribution in [-0.4, -0.2) is 73.0 Å². The summed E-state index contributed by atoms with van der Waals surface area (Å²) in [4.78, 5) is 34.5. The van der Waals surface area contributed by atoms with Gasteiger partial charge in [-0.3, -0.25) is 14.4 Å². The van der Waals surface area contributed by atoms with Gasteiger partial charge in [0.1, 0.15) is 17.2 Å². The quantitative estimate of drug-likeness (QED) is 0.275.